The molecule has 5 unspecified atom stereocenters. The number of ether oxygens (including phenoxy) is 2. The Labute approximate surface area is 97.9 Å². The Morgan fingerprint density at radius 3 is 2.81 bits per heavy atom. The molecule has 2 bridgehead atoms. The molecule has 0 amide bonds. The van der Waals surface area contributed by atoms with Gasteiger partial charge in [0.2, 0.25) is 0 Å². The fourth-order valence-corrected chi connectivity index (χ4v) is 3.55. The monoisotopic (exact) mass is 225 g/mol. The van der Waals surface area contributed by atoms with Crippen LogP contribution in [0.1, 0.15) is 39.0 Å². The molecule has 5 atom stereocenters. The fraction of sp³-hybridized carbons (Fsp3) is 1.00. The van der Waals surface area contributed by atoms with Crippen molar-refractivity contribution in [2.24, 2.45) is 5.92 Å². The van der Waals surface area contributed by atoms with Gasteiger partial charge in [0, 0.05) is 18.7 Å². The van der Waals surface area contributed by atoms with Crippen molar-refractivity contribution in [2.75, 3.05) is 13.2 Å². The third kappa shape index (κ3) is 2.01. The van der Waals surface area contributed by atoms with Crippen LogP contribution in [0.2, 0.25) is 0 Å². The minimum absolute atomic E-state index is 0.501. The Kier molecular flexibility index (Phi) is 3.18. The first-order chi connectivity index (χ1) is 7.86. The van der Waals surface area contributed by atoms with Gasteiger partial charge in [0.25, 0.3) is 0 Å². The molecule has 0 saturated carbocycles. The number of hydrogen-bond donors (Lipinski definition) is 1. The molecule has 92 valence electrons. The van der Waals surface area contributed by atoms with Gasteiger partial charge < -0.3 is 14.8 Å². The summed E-state index contributed by atoms with van der Waals surface area (Å²) in [4.78, 5) is 0. The normalized spacial score (nSPS) is 44.1. The molecule has 3 aliphatic heterocycles. The molecule has 0 aromatic rings. The molecule has 0 aliphatic carbocycles. The van der Waals surface area contributed by atoms with Gasteiger partial charge in [0.15, 0.2) is 0 Å². The summed E-state index contributed by atoms with van der Waals surface area (Å²) in [6.07, 6.45) is 7.27. The molecule has 3 nitrogen and oxygen atoms in total. The molecule has 3 heterocycles. The van der Waals surface area contributed by atoms with Gasteiger partial charge >= 0.3 is 0 Å². The summed E-state index contributed by atoms with van der Waals surface area (Å²) in [7, 11) is 0. The van der Waals surface area contributed by atoms with Crippen LogP contribution in [0, 0.1) is 5.92 Å². The van der Waals surface area contributed by atoms with Gasteiger partial charge in [-0.3, -0.25) is 0 Å². The van der Waals surface area contributed by atoms with Crippen LogP contribution < -0.4 is 5.32 Å². The first-order valence-electron chi connectivity index (χ1n) is 6.86. The highest BCUT2D eigenvalue weighted by Crippen LogP contribution is 2.35. The van der Waals surface area contributed by atoms with Crippen molar-refractivity contribution < 1.29 is 9.47 Å². The van der Waals surface area contributed by atoms with E-state index in [1.165, 1.54) is 32.1 Å². The van der Waals surface area contributed by atoms with Crippen LogP contribution in [-0.4, -0.2) is 37.5 Å². The van der Waals surface area contributed by atoms with E-state index in [1.54, 1.807) is 0 Å². The Balaban J connectivity index is 1.55. The molecule has 0 aromatic heterocycles. The van der Waals surface area contributed by atoms with E-state index in [-0.39, 0.29) is 0 Å². The molecule has 1 N–H and O–H groups in total. The fourth-order valence-electron chi connectivity index (χ4n) is 3.55. The maximum atomic E-state index is 5.90. The summed E-state index contributed by atoms with van der Waals surface area (Å²) in [6.45, 7) is 4.19. The molecule has 3 fully saturated rings. The van der Waals surface area contributed by atoms with Crippen LogP contribution >= 0.6 is 0 Å². The summed E-state index contributed by atoms with van der Waals surface area (Å²) < 4.78 is 11.4. The average molecular weight is 225 g/mol. The topological polar surface area (TPSA) is 30.5 Å². The molecular formula is C13H23NO2. The second-order valence-electron chi connectivity index (χ2n) is 5.52. The first kappa shape index (κ1) is 11.0. The van der Waals surface area contributed by atoms with Gasteiger partial charge in [-0.1, -0.05) is 6.92 Å². The van der Waals surface area contributed by atoms with Crippen molar-refractivity contribution in [3.05, 3.63) is 0 Å². The molecule has 0 aromatic carbocycles. The summed E-state index contributed by atoms with van der Waals surface area (Å²) in [5.41, 5.74) is 0. The van der Waals surface area contributed by atoms with E-state index in [9.17, 15) is 0 Å². The van der Waals surface area contributed by atoms with E-state index < -0.39 is 0 Å². The smallest absolute Gasteiger partial charge is 0.0733 e. The standard InChI is InChI=1S/C13H23NO2/c1-2-11(9-5-6-15-8-9)14-12-7-10-3-4-13(12)16-10/h9-14H,2-8H2,1H3. The lowest BCUT2D eigenvalue weighted by atomic mass is 9.91. The lowest BCUT2D eigenvalue weighted by Gasteiger charge is -2.29. The van der Waals surface area contributed by atoms with Crippen LogP contribution in [0.5, 0.6) is 0 Å². The quantitative estimate of drug-likeness (QED) is 0.790. The molecule has 16 heavy (non-hydrogen) atoms. The van der Waals surface area contributed by atoms with Gasteiger partial charge in [0.1, 0.15) is 0 Å². The van der Waals surface area contributed by atoms with Crippen LogP contribution in [-0.2, 0) is 9.47 Å². The van der Waals surface area contributed by atoms with E-state index in [0.717, 1.165) is 19.1 Å². The van der Waals surface area contributed by atoms with Crippen molar-refractivity contribution in [1.82, 2.24) is 5.32 Å². The number of hydrogen-bond acceptors (Lipinski definition) is 3. The predicted octanol–water partition coefficient (Wildman–Crippen LogP) is 1.71. The van der Waals surface area contributed by atoms with E-state index in [4.69, 9.17) is 9.47 Å². The van der Waals surface area contributed by atoms with E-state index in [0.29, 0.717) is 24.3 Å². The average Bonchev–Trinajstić information content (AvgIpc) is 3.01. The van der Waals surface area contributed by atoms with Crippen LogP contribution in [0.15, 0.2) is 0 Å². The third-order valence-electron chi connectivity index (χ3n) is 4.51. The lowest BCUT2D eigenvalue weighted by molar-refractivity contribution is 0.0937. The maximum absolute atomic E-state index is 5.90. The lowest BCUT2D eigenvalue weighted by Crippen LogP contribution is -2.47. The minimum atomic E-state index is 0.501. The molecule has 3 rings (SSSR count). The van der Waals surface area contributed by atoms with Gasteiger partial charge in [0.05, 0.1) is 18.8 Å². The Morgan fingerprint density at radius 1 is 1.31 bits per heavy atom. The zero-order valence-corrected chi connectivity index (χ0v) is 10.2. The van der Waals surface area contributed by atoms with Gasteiger partial charge in [-0.15, -0.1) is 0 Å². The zero-order chi connectivity index (χ0) is 11.0. The van der Waals surface area contributed by atoms with Crippen molar-refractivity contribution in [1.29, 1.82) is 0 Å². The highest BCUT2D eigenvalue weighted by molar-refractivity contribution is 4.96. The largest absolute Gasteiger partial charge is 0.381 e. The highest BCUT2D eigenvalue weighted by atomic mass is 16.5. The van der Waals surface area contributed by atoms with Crippen molar-refractivity contribution in [3.8, 4) is 0 Å². The van der Waals surface area contributed by atoms with E-state index >= 15 is 0 Å². The molecule has 3 heteroatoms. The van der Waals surface area contributed by atoms with Crippen LogP contribution in [0.4, 0.5) is 0 Å². The highest BCUT2D eigenvalue weighted by Gasteiger charge is 2.42. The molecule has 0 radical (unpaired) electrons. The SMILES string of the molecule is CCC(NC1CC2CCC1O2)C1CCOC1. The Hall–Kier alpha value is -0.120. The second kappa shape index (κ2) is 4.63. The predicted molar refractivity (Wildman–Crippen MR) is 62.4 cm³/mol. The Morgan fingerprint density at radius 2 is 2.25 bits per heavy atom. The third-order valence-corrected chi connectivity index (χ3v) is 4.51. The van der Waals surface area contributed by atoms with E-state index in [1.807, 2.05) is 0 Å². The molecule has 3 aliphatic rings. The van der Waals surface area contributed by atoms with Crippen LogP contribution in [0.25, 0.3) is 0 Å². The molecule has 3 saturated heterocycles. The summed E-state index contributed by atoms with van der Waals surface area (Å²) >= 11 is 0. The second-order valence-corrected chi connectivity index (χ2v) is 5.52. The van der Waals surface area contributed by atoms with Gasteiger partial charge in [-0.25, -0.2) is 0 Å². The van der Waals surface area contributed by atoms with E-state index in [2.05, 4.69) is 12.2 Å². The Bertz CT molecular complexity index is 240. The van der Waals surface area contributed by atoms with Crippen molar-refractivity contribution in [2.45, 2.75) is 63.3 Å². The number of rotatable bonds is 4. The van der Waals surface area contributed by atoms with Crippen molar-refractivity contribution in [3.63, 3.8) is 0 Å². The number of nitrogens with one attached hydrogen (secondary N) is 1. The molecular weight excluding hydrogens is 202 g/mol. The van der Waals surface area contributed by atoms with Crippen molar-refractivity contribution >= 4 is 0 Å². The minimum Gasteiger partial charge on any atom is -0.381 e. The zero-order valence-electron chi connectivity index (χ0n) is 10.2. The molecule has 0 spiro atoms. The summed E-state index contributed by atoms with van der Waals surface area (Å²) in [5.74, 6) is 0.726. The van der Waals surface area contributed by atoms with Crippen LogP contribution in [0.3, 0.4) is 0 Å². The maximum Gasteiger partial charge on any atom is 0.0733 e. The van der Waals surface area contributed by atoms with Gasteiger partial charge in [-0.05, 0) is 38.0 Å². The first-order valence-corrected chi connectivity index (χ1v) is 6.86. The van der Waals surface area contributed by atoms with Gasteiger partial charge in [-0.2, -0.15) is 0 Å². The summed E-state index contributed by atoms with van der Waals surface area (Å²) in [5, 5.41) is 3.83. The summed E-state index contributed by atoms with van der Waals surface area (Å²) in [6, 6.07) is 1.25. The number of fused-ring (bicyclic) bond motifs is 2.